The van der Waals surface area contributed by atoms with Gasteiger partial charge in [-0.15, -0.1) is 0 Å². The van der Waals surface area contributed by atoms with Crippen molar-refractivity contribution in [2.75, 3.05) is 6.54 Å². The third-order valence-corrected chi connectivity index (χ3v) is 5.45. The molecule has 0 radical (unpaired) electrons. The maximum absolute atomic E-state index is 13.4. The zero-order chi connectivity index (χ0) is 24.7. The van der Waals surface area contributed by atoms with E-state index in [-0.39, 0.29) is 31.0 Å². The molecule has 0 spiro atoms. The molecule has 2 amide bonds. The number of aryl methyl sites for hydroxylation is 1. The molecule has 1 aromatic carbocycles. The first-order chi connectivity index (χ1) is 16.2. The third kappa shape index (κ3) is 6.61. The van der Waals surface area contributed by atoms with E-state index in [4.69, 9.17) is 4.84 Å². The van der Waals surface area contributed by atoms with Crippen molar-refractivity contribution in [3.63, 3.8) is 0 Å². The molecule has 0 bridgehead atoms. The van der Waals surface area contributed by atoms with Crippen LogP contribution in [-0.4, -0.2) is 62.7 Å². The number of carbonyl (C=O) groups excluding carboxylic acids is 2. The second kappa shape index (κ2) is 11.2. The summed E-state index contributed by atoms with van der Waals surface area (Å²) in [5.74, 6) is -1.63. The van der Waals surface area contributed by atoms with Gasteiger partial charge in [0.15, 0.2) is 0 Å². The van der Waals surface area contributed by atoms with Crippen LogP contribution in [0, 0.1) is 12.8 Å². The van der Waals surface area contributed by atoms with Gasteiger partial charge in [-0.3, -0.25) is 14.6 Å². The number of hydrogen-bond acceptors (Lipinski definition) is 8. The molecule has 0 fully saturated rings. The summed E-state index contributed by atoms with van der Waals surface area (Å²) in [6, 6.07) is 9.35. The molecule has 1 aliphatic rings. The van der Waals surface area contributed by atoms with Crippen molar-refractivity contribution in [2.45, 2.75) is 51.6 Å². The van der Waals surface area contributed by atoms with E-state index in [2.05, 4.69) is 25.8 Å². The third-order valence-electron chi connectivity index (χ3n) is 5.45. The van der Waals surface area contributed by atoms with Crippen LogP contribution >= 0.6 is 0 Å². The molecule has 4 N–H and O–H groups in total. The number of carbonyl (C=O) groups is 2. The minimum Gasteiger partial charge on any atom is -0.426 e. The Morgan fingerprint density at radius 1 is 1.18 bits per heavy atom. The van der Waals surface area contributed by atoms with E-state index >= 15 is 0 Å². The van der Waals surface area contributed by atoms with E-state index in [1.165, 1.54) is 12.4 Å². The van der Waals surface area contributed by atoms with Crippen LogP contribution in [0.5, 0.6) is 0 Å². The quantitative estimate of drug-likeness (QED) is 0.379. The van der Waals surface area contributed by atoms with Gasteiger partial charge < -0.3 is 25.5 Å². The molecular weight excluding hydrogens is 437 g/mol. The minimum atomic E-state index is -1.71. The van der Waals surface area contributed by atoms with E-state index < -0.39 is 30.5 Å². The molecule has 34 heavy (non-hydrogen) atoms. The van der Waals surface area contributed by atoms with Gasteiger partial charge in [-0.2, -0.15) is 0 Å². The molecule has 0 aliphatic carbocycles. The van der Waals surface area contributed by atoms with Gasteiger partial charge in [0.1, 0.15) is 5.69 Å². The summed E-state index contributed by atoms with van der Waals surface area (Å²) in [6.45, 7) is 5.69. The smallest absolute Gasteiger partial charge is 0.426 e. The number of nitrogens with zero attached hydrogens (tertiary/aromatic N) is 3. The maximum Gasteiger partial charge on any atom is 0.475 e. The Morgan fingerprint density at radius 3 is 2.53 bits per heavy atom. The monoisotopic (exact) mass is 467 g/mol. The largest absolute Gasteiger partial charge is 0.475 e. The van der Waals surface area contributed by atoms with Crippen molar-refractivity contribution >= 4 is 24.6 Å². The SMILES string of the molecule is Cc1cnc(C(=O)NCC2=NOC(Cc3ccccc3)(C(=O)N[C@@H](CC(C)C)B(O)O)C2)cn1. The lowest BCUT2D eigenvalue weighted by Crippen LogP contribution is -2.56. The molecule has 2 heterocycles. The number of hydrogen-bond donors (Lipinski definition) is 4. The molecule has 2 atom stereocenters. The van der Waals surface area contributed by atoms with E-state index in [1.54, 1.807) is 6.92 Å². The number of oxime groups is 1. The lowest BCUT2D eigenvalue weighted by atomic mass is 9.74. The van der Waals surface area contributed by atoms with Crippen LogP contribution in [-0.2, 0) is 16.1 Å². The Labute approximate surface area is 199 Å². The van der Waals surface area contributed by atoms with Gasteiger partial charge in [-0.05, 0) is 24.8 Å². The van der Waals surface area contributed by atoms with Crippen LogP contribution in [0.4, 0.5) is 0 Å². The maximum atomic E-state index is 13.4. The number of nitrogens with one attached hydrogen (secondary N) is 2. The molecule has 1 unspecified atom stereocenters. The Morgan fingerprint density at radius 2 is 1.91 bits per heavy atom. The molecule has 11 heteroatoms. The number of aromatic nitrogens is 2. The van der Waals surface area contributed by atoms with Gasteiger partial charge in [0, 0.05) is 19.0 Å². The normalized spacial score (nSPS) is 18.1. The summed E-state index contributed by atoms with van der Waals surface area (Å²) in [4.78, 5) is 39.6. The summed E-state index contributed by atoms with van der Waals surface area (Å²) in [5, 5.41) is 29.0. The van der Waals surface area contributed by atoms with Gasteiger partial charge in [-0.25, -0.2) is 4.98 Å². The number of benzene rings is 1. The minimum absolute atomic E-state index is 0.0657. The molecule has 0 saturated carbocycles. The van der Waals surface area contributed by atoms with Crippen LogP contribution in [0.3, 0.4) is 0 Å². The Kier molecular flexibility index (Phi) is 8.35. The van der Waals surface area contributed by atoms with Crippen LogP contribution in [0.2, 0.25) is 0 Å². The fourth-order valence-electron chi connectivity index (χ4n) is 3.71. The van der Waals surface area contributed by atoms with Crippen molar-refractivity contribution in [1.29, 1.82) is 0 Å². The number of rotatable bonds is 10. The molecule has 10 nitrogen and oxygen atoms in total. The van der Waals surface area contributed by atoms with Crippen LogP contribution in [0.1, 0.15) is 48.4 Å². The number of amides is 2. The fraction of sp³-hybridized carbons (Fsp3) is 0.435. The van der Waals surface area contributed by atoms with Gasteiger partial charge in [-0.1, -0.05) is 49.3 Å². The zero-order valence-corrected chi connectivity index (χ0v) is 19.6. The highest BCUT2D eigenvalue weighted by Crippen LogP contribution is 2.29. The molecule has 3 rings (SSSR count). The molecule has 1 aliphatic heterocycles. The summed E-state index contributed by atoms with van der Waals surface area (Å²) in [7, 11) is -1.71. The highest BCUT2D eigenvalue weighted by atomic mass is 16.7. The first-order valence-corrected chi connectivity index (χ1v) is 11.2. The van der Waals surface area contributed by atoms with Gasteiger partial charge >= 0.3 is 7.12 Å². The Bertz CT molecular complexity index is 1020. The highest BCUT2D eigenvalue weighted by Gasteiger charge is 2.48. The average Bonchev–Trinajstić information content (AvgIpc) is 3.22. The predicted octanol–water partition coefficient (Wildman–Crippen LogP) is 0.816. The van der Waals surface area contributed by atoms with Gasteiger partial charge in [0.2, 0.25) is 5.60 Å². The van der Waals surface area contributed by atoms with E-state index in [0.717, 1.165) is 5.56 Å². The second-order valence-corrected chi connectivity index (χ2v) is 8.93. The Hall–Kier alpha value is -3.31. The summed E-state index contributed by atoms with van der Waals surface area (Å²) >= 11 is 0. The van der Waals surface area contributed by atoms with Crippen molar-refractivity contribution in [2.24, 2.45) is 11.1 Å². The lowest BCUT2D eigenvalue weighted by Gasteiger charge is -2.29. The molecular formula is C23H30BN5O5. The zero-order valence-electron chi connectivity index (χ0n) is 19.6. The Balaban J connectivity index is 1.72. The first kappa shape index (κ1) is 25.3. The summed E-state index contributed by atoms with van der Waals surface area (Å²) < 4.78 is 0. The van der Waals surface area contributed by atoms with E-state index in [9.17, 15) is 19.6 Å². The average molecular weight is 467 g/mol. The summed E-state index contributed by atoms with van der Waals surface area (Å²) in [5.41, 5.74) is 0.829. The molecule has 180 valence electrons. The molecule has 2 aromatic rings. The van der Waals surface area contributed by atoms with Crippen molar-refractivity contribution in [3.05, 3.63) is 59.7 Å². The van der Waals surface area contributed by atoms with Crippen LogP contribution < -0.4 is 10.6 Å². The highest BCUT2D eigenvalue weighted by molar-refractivity contribution is 6.43. The fourth-order valence-corrected chi connectivity index (χ4v) is 3.71. The topological polar surface area (TPSA) is 146 Å². The second-order valence-electron chi connectivity index (χ2n) is 8.93. The van der Waals surface area contributed by atoms with E-state index in [1.807, 2.05) is 44.2 Å². The van der Waals surface area contributed by atoms with Gasteiger partial charge in [0.25, 0.3) is 11.8 Å². The van der Waals surface area contributed by atoms with Crippen molar-refractivity contribution < 1.29 is 24.5 Å². The van der Waals surface area contributed by atoms with Crippen LogP contribution in [0.15, 0.2) is 47.9 Å². The van der Waals surface area contributed by atoms with Crippen molar-refractivity contribution in [1.82, 2.24) is 20.6 Å². The standard InChI is InChI=1S/C23H30BN5O5/c1-15(2)9-20(24(32)33)28-22(31)23(10-17-7-5-4-6-8-17)11-18(29-34-23)13-27-21(30)19-14-25-16(3)12-26-19/h4-8,12,14-15,20,32-33H,9-11,13H2,1-3H3,(H,27,30)(H,28,31)/t20-,23?/m0/s1. The summed E-state index contributed by atoms with van der Waals surface area (Å²) in [6.07, 6.45) is 3.62. The van der Waals surface area contributed by atoms with Crippen molar-refractivity contribution in [3.8, 4) is 0 Å². The van der Waals surface area contributed by atoms with Gasteiger partial charge in [0.05, 0.1) is 30.1 Å². The van der Waals surface area contributed by atoms with Crippen LogP contribution in [0.25, 0.3) is 0 Å². The first-order valence-electron chi connectivity index (χ1n) is 11.2. The lowest BCUT2D eigenvalue weighted by molar-refractivity contribution is -0.144. The van der Waals surface area contributed by atoms with E-state index in [0.29, 0.717) is 17.8 Å². The predicted molar refractivity (Wildman–Crippen MR) is 127 cm³/mol. The molecule has 1 aromatic heterocycles. The molecule has 0 saturated heterocycles.